The summed E-state index contributed by atoms with van der Waals surface area (Å²) in [6.07, 6.45) is 1.09. The minimum Gasteiger partial charge on any atom is -0.497 e. The third-order valence-corrected chi connectivity index (χ3v) is 4.51. The number of rotatable bonds is 6. The van der Waals surface area contributed by atoms with Gasteiger partial charge in [0, 0.05) is 17.7 Å². The summed E-state index contributed by atoms with van der Waals surface area (Å²) in [5.74, 6) is 1.36. The topological polar surface area (TPSA) is 64.4 Å². The first-order chi connectivity index (χ1) is 13.7. The summed E-state index contributed by atoms with van der Waals surface area (Å²) in [5.41, 5.74) is 4.30. The highest BCUT2D eigenvalue weighted by Crippen LogP contribution is 2.25. The number of benzene rings is 3. The SMILES string of the molecule is COc1ccc(CCC(=O)Nc2ccc(-c3nc4ccccc4o3)cc2)cc1. The van der Waals surface area contributed by atoms with Crippen LogP contribution in [0.2, 0.25) is 0 Å². The molecule has 0 aliphatic rings. The smallest absolute Gasteiger partial charge is 0.227 e. The van der Waals surface area contributed by atoms with Crippen LogP contribution in [-0.4, -0.2) is 18.0 Å². The Hall–Kier alpha value is -3.60. The van der Waals surface area contributed by atoms with Gasteiger partial charge in [0.25, 0.3) is 0 Å². The maximum atomic E-state index is 12.2. The molecule has 0 bridgehead atoms. The van der Waals surface area contributed by atoms with Gasteiger partial charge in [0.05, 0.1) is 7.11 Å². The Morgan fingerprint density at radius 3 is 2.46 bits per heavy atom. The van der Waals surface area contributed by atoms with Crippen molar-refractivity contribution in [3.63, 3.8) is 0 Å². The average molecular weight is 372 g/mol. The van der Waals surface area contributed by atoms with Crippen LogP contribution in [0.4, 0.5) is 5.69 Å². The summed E-state index contributed by atoms with van der Waals surface area (Å²) in [6.45, 7) is 0. The van der Waals surface area contributed by atoms with Gasteiger partial charge in [-0.05, 0) is 60.5 Å². The molecule has 1 amide bonds. The lowest BCUT2D eigenvalue weighted by Gasteiger charge is -2.06. The monoisotopic (exact) mass is 372 g/mol. The van der Waals surface area contributed by atoms with Crippen LogP contribution in [0.1, 0.15) is 12.0 Å². The number of methoxy groups -OCH3 is 1. The summed E-state index contributed by atoms with van der Waals surface area (Å²) >= 11 is 0. The summed E-state index contributed by atoms with van der Waals surface area (Å²) in [7, 11) is 1.64. The van der Waals surface area contributed by atoms with Gasteiger partial charge in [-0.1, -0.05) is 24.3 Å². The molecule has 0 saturated heterocycles. The van der Waals surface area contributed by atoms with E-state index in [-0.39, 0.29) is 5.91 Å². The van der Waals surface area contributed by atoms with Gasteiger partial charge in [0.15, 0.2) is 5.58 Å². The van der Waals surface area contributed by atoms with Crippen molar-refractivity contribution in [2.45, 2.75) is 12.8 Å². The van der Waals surface area contributed by atoms with Gasteiger partial charge < -0.3 is 14.5 Å². The number of ether oxygens (including phenoxy) is 1. The Kier molecular flexibility index (Phi) is 5.06. The van der Waals surface area contributed by atoms with Gasteiger partial charge >= 0.3 is 0 Å². The van der Waals surface area contributed by atoms with Crippen LogP contribution < -0.4 is 10.1 Å². The maximum absolute atomic E-state index is 12.2. The highest BCUT2D eigenvalue weighted by Gasteiger charge is 2.08. The number of amides is 1. The molecule has 1 heterocycles. The van der Waals surface area contributed by atoms with Gasteiger partial charge in [-0.25, -0.2) is 4.98 Å². The molecule has 4 aromatic rings. The van der Waals surface area contributed by atoms with Gasteiger partial charge in [0.2, 0.25) is 11.8 Å². The Labute approximate surface area is 163 Å². The van der Waals surface area contributed by atoms with E-state index in [0.717, 1.165) is 33.7 Å². The lowest BCUT2D eigenvalue weighted by atomic mass is 10.1. The van der Waals surface area contributed by atoms with Gasteiger partial charge in [0.1, 0.15) is 11.3 Å². The lowest BCUT2D eigenvalue weighted by Crippen LogP contribution is -2.12. The maximum Gasteiger partial charge on any atom is 0.227 e. The quantitative estimate of drug-likeness (QED) is 0.513. The number of nitrogens with zero attached hydrogens (tertiary/aromatic N) is 1. The molecule has 0 fully saturated rings. The van der Waals surface area contributed by atoms with E-state index in [0.29, 0.717) is 18.7 Å². The van der Waals surface area contributed by atoms with Crippen molar-refractivity contribution in [2.75, 3.05) is 12.4 Å². The van der Waals surface area contributed by atoms with Crippen LogP contribution in [0.25, 0.3) is 22.6 Å². The third kappa shape index (κ3) is 4.04. The van der Waals surface area contributed by atoms with E-state index < -0.39 is 0 Å². The van der Waals surface area contributed by atoms with E-state index in [1.165, 1.54) is 0 Å². The van der Waals surface area contributed by atoms with Gasteiger partial charge in [-0.2, -0.15) is 0 Å². The van der Waals surface area contributed by atoms with Crippen LogP contribution in [0.3, 0.4) is 0 Å². The number of carbonyl (C=O) groups is 1. The number of nitrogens with one attached hydrogen (secondary N) is 1. The summed E-state index contributed by atoms with van der Waals surface area (Å²) in [4.78, 5) is 16.7. The average Bonchev–Trinajstić information content (AvgIpc) is 3.17. The van der Waals surface area contributed by atoms with Crippen molar-refractivity contribution in [3.8, 4) is 17.2 Å². The molecule has 140 valence electrons. The minimum atomic E-state index is -0.0227. The molecule has 0 radical (unpaired) electrons. The number of aryl methyl sites for hydroxylation is 1. The molecule has 0 atom stereocenters. The number of carbonyl (C=O) groups excluding carboxylic acids is 1. The standard InChI is InChI=1S/C23H20N2O3/c1-27-19-13-6-16(7-14-19)8-15-22(26)24-18-11-9-17(10-12-18)23-25-20-4-2-3-5-21(20)28-23/h2-7,9-14H,8,15H2,1H3,(H,24,26). The van der Waals surface area contributed by atoms with Gasteiger partial charge in [-0.3, -0.25) is 4.79 Å². The van der Waals surface area contributed by atoms with Crippen molar-refractivity contribution in [2.24, 2.45) is 0 Å². The molecule has 0 aliphatic carbocycles. The first-order valence-electron chi connectivity index (χ1n) is 9.10. The van der Waals surface area contributed by atoms with Crippen LogP contribution >= 0.6 is 0 Å². The Balaban J connectivity index is 1.36. The zero-order chi connectivity index (χ0) is 19.3. The predicted molar refractivity (Wildman–Crippen MR) is 109 cm³/mol. The zero-order valence-corrected chi connectivity index (χ0v) is 15.5. The van der Waals surface area contributed by atoms with Crippen molar-refractivity contribution in [1.82, 2.24) is 4.98 Å². The second kappa shape index (κ2) is 7.96. The first-order valence-corrected chi connectivity index (χ1v) is 9.10. The molecule has 1 N–H and O–H groups in total. The zero-order valence-electron chi connectivity index (χ0n) is 15.5. The minimum absolute atomic E-state index is 0.0227. The number of para-hydroxylation sites is 2. The highest BCUT2D eigenvalue weighted by atomic mass is 16.5. The summed E-state index contributed by atoms with van der Waals surface area (Å²) < 4.78 is 10.9. The largest absolute Gasteiger partial charge is 0.497 e. The lowest BCUT2D eigenvalue weighted by molar-refractivity contribution is -0.116. The number of oxazole rings is 1. The normalized spacial score (nSPS) is 10.8. The fourth-order valence-corrected chi connectivity index (χ4v) is 2.97. The molecular formula is C23H20N2O3. The number of aromatic nitrogens is 1. The van der Waals surface area contributed by atoms with E-state index in [2.05, 4.69) is 10.3 Å². The fourth-order valence-electron chi connectivity index (χ4n) is 2.97. The molecule has 5 nitrogen and oxygen atoms in total. The van der Waals surface area contributed by atoms with E-state index >= 15 is 0 Å². The Morgan fingerprint density at radius 1 is 1.00 bits per heavy atom. The molecule has 0 spiro atoms. The molecule has 5 heteroatoms. The molecule has 0 aliphatic heterocycles. The van der Waals surface area contributed by atoms with Crippen LogP contribution in [0.5, 0.6) is 5.75 Å². The summed E-state index contributed by atoms with van der Waals surface area (Å²) in [5, 5.41) is 2.93. The van der Waals surface area contributed by atoms with Crippen molar-refractivity contribution < 1.29 is 13.9 Å². The molecule has 0 unspecified atom stereocenters. The molecule has 28 heavy (non-hydrogen) atoms. The predicted octanol–water partition coefficient (Wildman–Crippen LogP) is 5.07. The van der Waals surface area contributed by atoms with Crippen molar-refractivity contribution in [1.29, 1.82) is 0 Å². The van der Waals surface area contributed by atoms with E-state index in [1.54, 1.807) is 7.11 Å². The Bertz CT molecular complexity index is 1050. The second-order valence-electron chi connectivity index (χ2n) is 6.46. The van der Waals surface area contributed by atoms with Crippen LogP contribution in [-0.2, 0) is 11.2 Å². The molecular weight excluding hydrogens is 352 g/mol. The van der Waals surface area contributed by atoms with Crippen molar-refractivity contribution >= 4 is 22.7 Å². The number of hydrogen-bond donors (Lipinski definition) is 1. The molecule has 1 aromatic heterocycles. The first kappa shape index (κ1) is 17.8. The van der Waals surface area contributed by atoms with E-state index in [1.807, 2.05) is 72.8 Å². The van der Waals surface area contributed by atoms with Crippen molar-refractivity contribution in [3.05, 3.63) is 78.4 Å². The molecule has 4 rings (SSSR count). The van der Waals surface area contributed by atoms with Crippen LogP contribution in [0.15, 0.2) is 77.2 Å². The Morgan fingerprint density at radius 2 is 1.75 bits per heavy atom. The number of hydrogen-bond acceptors (Lipinski definition) is 4. The number of fused-ring (bicyclic) bond motifs is 1. The number of anilines is 1. The second-order valence-corrected chi connectivity index (χ2v) is 6.46. The van der Waals surface area contributed by atoms with E-state index in [4.69, 9.17) is 9.15 Å². The molecule has 0 saturated carbocycles. The van der Waals surface area contributed by atoms with E-state index in [9.17, 15) is 4.79 Å². The third-order valence-electron chi connectivity index (χ3n) is 4.51. The fraction of sp³-hybridized carbons (Fsp3) is 0.130. The highest BCUT2D eigenvalue weighted by molar-refractivity contribution is 5.91. The van der Waals surface area contributed by atoms with Crippen LogP contribution in [0, 0.1) is 0 Å². The summed E-state index contributed by atoms with van der Waals surface area (Å²) in [6, 6.07) is 22.9. The molecule has 3 aromatic carbocycles. The van der Waals surface area contributed by atoms with Gasteiger partial charge in [-0.15, -0.1) is 0 Å².